The van der Waals surface area contributed by atoms with Gasteiger partial charge in [0, 0.05) is 36.1 Å². The molecule has 0 saturated heterocycles. The molecule has 4 amide bonds. The standard InChI is InChI=1S/C36H32Cl2N8O4/c1-21(47)41-19-24-7-12-40-29(13-24)35(8-9-35)44-31(49)36(10-11-36)43-30(48)28-20-42-33-45(27-15-25(37)14-26(38)16-27)32(50)34(2,46(28)33)17-22-3-5-23(18-39)6-4-22/h3-7,12-16,20H,8-11,17,19H2,1-2H3,(H,41,47)(H,43,48)(H,44,49)/t34-/m1/s1. The average Bonchev–Trinajstić information content (AvgIpc) is 3.99. The zero-order chi connectivity index (χ0) is 35.4. The number of carbonyl (C=O) groups is 4. The van der Waals surface area contributed by atoms with Crippen LogP contribution in [0.4, 0.5) is 11.6 Å². The summed E-state index contributed by atoms with van der Waals surface area (Å²) in [4.78, 5) is 64.2. The van der Waals surface area contributed by atoms with Crippen LogP contribution in [0.5, 0.6) is 0 Å². The summed E-state index contributed by atoms with van der Waals surface area (Å²) in [5.74, 6) is -1.17. The molecule has 0 bridgehead atoms. The molecule has 2 fully saturated rings. The highest BCUT2D eigenvalue weighted by Gasteiger charge is 2.57. The number of amides is 4. The summed E-state index contributed by atoms with van der Waals surface area (Å²) in [5, 5.41) is 18.8. The van der Waals surface area contributed by atoms with Gasteiger partial charge in [-0.1, -0.05) is 35.3 Å². The molecule has 14 heteroatoms. The third-order valence-corrected chi connectivity index (χ3v) is 10.0. The highest BCUT2D eigenvalue weighted by atomic mass is 35.5. The number of nitriles is 1. The van der Waals surface area contributed by atoms with Gasteiger partial charge in [-0.05, 0) is 86.2 Å². The summed E-state index contributed by atoms with van der Waals surface area (Å²) in [5.41, 5.74) is 0.162. The van der Waals surface area contributed by atoms with Gasteiger partial charge in [-0.15, -0.1) is 0 Å². The molecule has 0 spiro atoms. The van der Waals surface area contributed by atoms with E-state index in [1.807, 2.05) is 12.1 Å². The quantitative estimate of drug-likeness (QED) is 0.213. The van der Waals surface area contributed by atoms with Gasteiger partial charge in [-0.25, -0.2) is 9.88 Å². The van der Waals surface area contributed by atoms with Crippen LogP contribution in [0.2, 0.25) is 10.0 Å². The topological polar surface area (TPSA) is 162 Å². The van der Waals surface area contributed by atoms with E-state index in [0.29, 0.717) is 59.2 Å². The van der Waals surface area contributed by atoms with Gasteiger partial charge < -0.3 is 16.0 Å². The molecular formula is C36H32Cl2N8O4. The monoisotopic (exact) mass is 710 g/mol. The van der Waals surface area contributed by atoms with Crippen molar-refractivity contribution in [2.24, 2.45) is 0 Å². The van der Waals surface area contributed by atoms with E-state index in [1.54, 1.807) is 60.2 Å². The van der Waals surface area contributed by atoms with E-state index in [2.05, 4.69) is 32.0 Å². The van der Waals surface area contributed by atoms with Crippen molar-refractivity contribution in [2.75, 3.05) is 4.90 Å². The molecule has 3 aliphatic rings. The number of hydrogen-bond donors (Lipinski definition) is 3. The first-order valence-electron chi connectivity index (χ1n) is 16.1. The van der Waals surface area contributed by atoms with Crippen molar-refractivity contribution in [3.05, 3.63) is 105 Å². The Balaban J connectivity index is 1.17. The summed E-state index contributed by atoms with van der Waals surface area (Å²) < 4.78 is 1.60. The highest BCUT2D eigenvalue weighted by Crippen LogP contribution is 2.48. The third kappa shape index (κ3) is 5.97. The Hall–Kier alpha value is -5.25. The molecule has 7 rings (SSSR count). The molecule has 12 nitrogen and oxygen atoms in total. The molecule has 0 unspecified atom stereocenters. The Morgan fingerprint density at radius 2 is 1.64 bits per heavy atom. The van der Waals surface area contributed by atoms with Crippen molar-refractivity contribution in [3.63, 3.8) is 0 Å². The molecule has 50 heavy (non-hydrogen) atoms. The lowest BCUT2D eigenvalue weighted by Gasteiger charge is -2.27. The van der Waals surface area contributed by atoms with Crippen LogP contribution in [-0.4, -0.2) is 43.7 Å². The molecule has 2 aliphatic carbocycles. The van der Waals surface area contributed by atoms with Crippen molar-refractivity contribution in [1.82, 2.24) is 30.5 Å². The predicted octanol–water partition coefficient (Wildman–Crippen LogP) is 4.80. The molecule has 1 aliphatic heterocycles. The summed E-state index contributed by atoms with van der Waals surface area (Å²) in [6.45, 7) is 3.52. The van der Waals surface area contributed by atoms with Crippen LogP contribution >= 0.6 is 23.2 Å². The maximum atomic E-state index is 14.4. The van der Waals surface area contributed by atoms with Crippen molar-refractivity contribution >= 4 is 58.5 Å². The third-order valence-electron chi connectivity index (χ3n) is 9.57. The highest BCUT2D eigenvalue weighted by molar-refractivity contribution is 6.35. The number of carbonyl (C=O) groups excluding carboxylic acids is 4. The zero-order valence-corrected chi connectivity index (χ0v) is 28.7. The first-order valence-corrected chi connectivity index (χ1v) is 16.8. The largest absolute Gasteiger partial charge is 0.352 e. The summed E-state index contributed by atoms with van der Waals surface area (Å²) in [7, 11) is 0. The SMILES string of the molecule is CC(=O)NCc1ccnc(C2(NC(=O)C3(NC(=O)c4cnc5n4[C@](C)(Cc4ccc(C#N)cc4)C(=O)N5c4cc(Cl)cc(Cl)c4)CC3)CC2)c1. The van der Waals surface area contributed by atoms with Crippen LogP contribution in [0.25, 0.3) is 0 Å². The lowest BCUT2D eigenvalue weighted by molar-refractivity contribution is -0.125. The first-order chi connectivity index (χ1) is 23.9. The van der Waals surface area contributed by atoms with E-state index in [9.17, 15) is 24.4 Å². The van der Waals surface area contributed by atoms with Crippen molar-refractivity contribution in [3.8, 4) is 6.07 Å². The molecule has 0 radical (unpaired) electrons. The fraction of sp³-hybridized carbons (Fsp3) is 0.306. The number of rotatable bonds is 10. The van der Waals surface area contributed by atoms with Gasteiger partial charge in [0.25, 0.3) is 11.8 Å². The number of halogens is 2. The summed E-state index contributed by atoms with van der Waals surface area (Å²) in [6, 6.07) is 17.4. The Morgan fingerprint density at radius 3 is 2.26 bits per heavy atom. The Bertz CT molecular complexity index is 2100. The van der Waals surface area contributed by atoms with Crippen LogP contribution in [0, 0.1) is 11.3 Å². The van der Waals surface area contributed by atoms with Crippen LogP contribution in [0.1, 0.15) is 72.4 Å². The first kappa shape index (κ1) is 33.3. The predicted molar refractivity (Wildman–Crippen MR) is 185 cm³/mol. The van der Waals surface area contributed by atoms with Gasteiger partial charge in [-0.2, -0.15) is 5.26 Å². The number of pyridine rings is 1. The van der Waals surface area contributed by atoms with Crippen LogP contribution < -0.4 is 20.9 Å². The Labute approximate surface area is 297 Å². The molecule has 2 aromatic carbocycles. The molecule has 3 N–H and O–H groups in total. The second kappa shape index (κ2) is 12.3. The maximum absolute atomic E-state index is 14.4. The fourth-order valence-electron chi connectivity index (χ4n) is 6.52. The molecule has 3 heterocycles. The molecular weight excluding hydrogens is 679 g/mol. The van der Waals surface area contributed by atoms with E-state index in [1.165, 1.54) is 18.0 Å². The number of hydrogen-bond acceptors (Lipinski definition) is 7. The van der Waals surface area contributed by atoms with Crippen molar-refractivity contribution in [1.29, 1.82) is 5.26 Å². The lowest BCUT2D eigenvalue weighted by Crippen LogP contribution is -2.52. The van der Waals surface area contributed by atoms with Crippen LogP contribution in [-0.2, 0) is 38.4 Å². The zero-order valence-electron chi connectivity index (χ0n) is 27.2. The second-order valence-electron chi connectivity index (χ2n) is 13.3. The molecule has 2 aromatic heterocycles. The number of nitrogens with zero attached hydrogens (tertiary/aromatic N) is 5. The summed E-state index contributed by atoms with van der Waals surface area (Å²) in [6.07, 6.45) is 5.48. The Kier molecular flexibility index (Phi) is 8.16. The van der Waals surface area contributed by atoms with E-state index < -0.39 is 22.5 Å². The minimum atomic E-state index is -1.33. The van der Waals surface area contributed by atoms with Gasteiger partial charge in [0.1, 0.15) is 16.8 Å². The number of fused-ring (bicyclic) bond motifs is 1. The van der Waals surface area contributed by atoms with Gasteiger partial charge in [0.2, 0.25) is 17.8 Å². The average molecular weight is 712 g/mol. The Morgan fingerprint density at radius 1 is 0.940 bits per heavy atom. The number of anilines is 2. The molecule has 2 saturated carbocycles. The lowest BCUT2D eigenvalue weighted by atomic mass is 9.91. The fourth-order valence-corrected chi connectivity index (χ4v) is 7.03. The molecule has 254 valence electrons. The summed E-state index contributed by atoms with van der Waals surface area (Å²) >= 11 is 12.6. The maximum Gasteiger partial charge on any atom is 0.270 e. The molecule has 4 aromatic rings. The van der Waals surface area contributed by atoms with Gasteiger partial charge in [-0.3, -0.25) is 28.7 Å². The second-order valence-corrected chi connectivity index (χ2v) is 14.2. The smallest absolute Gasteiger partial charge is 0.270 e. The van der Waals surface area contributed by atoms with E-state index in [0.717, 1.165) is 11.1 Å². The van der Waals surface area contributed by atoms with E-state index in [4.69, 9.17) is 23.2 Å². The number of aromatic nitrogens is 3. The van der Waals surface area contributed by atoms with Crippen LogP contribution in [0.3, 0.4) is 0 Å². The van der Waals surface area contributed by atoms with Crippen molar-refractivity contribution in [2.45, 2.75) is 69.1 Å². The van der Waals surface area contributed by atoms with Gasteiger partial charge in [0.15, 0.2) is 0 Å². The van der Waals surface area contributed by atoms with E-state index >= 15 is 0 Å². The van der Waals surface area contributed by atoms with Gasteiger partial charge >= 0.3 is 0 Å². The minimum Gasteiger partial charge on any atom is -0.352 e. The van der Waals surface area contributed by atoms with Gasteiger partial charge in [0.05, 0.1) is 34.7 Å². The normalized spacial score (nSPS) is 19.3. The number of nitrogens with one attached hydrogen (secondary N) is 3. The number of benzene rings is 2. The number of imidazole rings is 1. The minimum absolute atomic E-state index is 0.104. The van der Waals surface area contributed by atoms with Crippen molar-refractivity contribution < 1.29 is 19.2 Å². The van der Waals surface area contributed by atoms with Crippen LogP contribution in [0.15, 0.2) is 67.0 Å². The molecule has 1 atom stereocenters. The van der Waals surface area contributed by atoms with E-state index in [-0.39, 0.29) is 35.8 Å².